The van der Waals surface area contributed by atoms with Crippen LogP contribution in [0.3, 0.4) is 0 Å². The van der Waals surface area contributed by atoms with Gasteiger partial charge in [-0.3, -0.25) is 19.2 Å². The predicted molar refractivity (Wildman–Crippen MR) is 203 cm³/mol. The number of halogens is 1. The first-order valence-corrected chi connectivity index (χ1v) is 20.1. The summed E-state index contributed by atoms with van der Waals surface area (Å²) in [5, 5.41) is 11.4. The van der Waals surface area contributed by atoms with E-state index in [9.17, 15) is 32.4 Å². The number of nitrogens with zero attached hydrogens (tertiary/aromatic N) is 2. The Morgan fingerprint density at radius 1 is 1.04 bits per heavy atom. The Balaban J connectivity index is 1.53. The summed E-state index contributed by atoms with van der Waals surface area (Å²) in [5.41, 5.74) is -1.62. The van der Waals surface area contributed by atoms with E-state index in [-0.39, 0.29) is 46.2 Å². The minimum Gasteiger partial charge on any atom is -0.346 e. The lowest BCUT2D eigenvalue weighted by Crippen LogP contribution is -2.62. The van der Waals surface area contributed by atoms with E-state index in [1.165, 1.54) is 30.2 Å². The summed E-state index contributed by atoms with van der Waals surface area (Å²) in [4.78, 5) is 69.7. The van der Waals surface area contributed by atoms with Crippen LogP contribution in [0.2, 0.25) is 5.02 Å². The van der Waals surface area contributed by atoms with E-state index in [4.69, 9.17) is 11.6 Å². The molecule has 2 aliphatic carbocycles. The number of rotatable bonds is 15. The van der Waals surface area contributed by atoms with E-state index in [1.807, 2.05) is 55.4 Å². The molecule has 6 atom stereocenters. The highest BCUT2D eigenvalue weighted by atomic mass is 35.5. The molecule has 13 nitrogen and oxygen atoms in total. The molecule has 5 amide bonds. The molecule has 2 saturated carbocycles. The first-order chi connectivity index (χ1) is 24.4. The zero-order valence-electron chi connectivity index (χ0n) is 32.4. The molecule has 1 aromatic carbocycles. The second kappa shape index (κ2) is 15.7. The number of likely N-dealkylation sites (tertiary alicyclic amines) is 1. The first-order valence-electron chi connectivity index (χ1n) is 18.2. The van der Waals surface area contributed by atoms with Crippen molar-refractivity contribution in [3.05, 3.63) is 41.9 Å². The van der Waals surface area contributed by atoms with Gasteiger partial charge in [0.25, 0.3) is 5.91 Å². The third kappa shape index (κ3) is 9.79. The normalized spacial score (nSPS) is 22.5. The summed E-state index contributed by atoms with van der Waals surface area (Å²) in [6, 6.07) is 1.59. The molecule has 0 bridgehead atoms. The average Bonchev–Trinajstić information content (AvgIpc) is 3.91. The summed E-state index contributed by atoms with van der Waals surface area (Å²) in [6.07, 6.45) is 3.61. The van der Waals surface area contributed by atoms with Crippen molar-refractivity contribution in [1.82, 2.24) is 30.5 Å². The van der Waals surface area contributed by atoms with Crippen LogP contribution in [-0.4, -0.2) is 98.0 Å². The second-order valence-electron chi connectivity index (χ2n) is 17.6. The van der Waals surface area contributed by atoms with Crippen LogP contribution in [0.1, 0.15) is 74.7 Å². The van der Waals surface area contributed by atoms with E-state index in [2.05, 4.69) is 27.8 Å². The number of urea groups is 1. The Labute approximate surface area is 319 Å². The Hall–Kier alpha value is -3.49. The summed E-state index contributed by atoms with van der Waals surface area (Å²) in [7, 11) is -2.52. The highest BCUT2D eigenvalue weighted by molar-refractivity contribution is 7.89. The number of hydrogen-bond acceptors (Lipinski definition) is 7. The van der Waals surface area contributed by atoms with Crippen molar-refractivity contribution < 1.29 is 32.4 Å². The lowest BCUT2D eigenvalue weighted by atomic mass is 9.85. The van der Waals surface area contributed by atoms with Gasteiger partial charge in [-0.2, -0.15) is 4.31 Å². The third-order valence-corrected chi connectivity index (χ3v) is 13.0. The summed E-state index contributed by atoms with van der Waals surface area (Å²) < 4.78 is 27.9. The lowest BCUT2D eigenvalue weighted by molar-refractivity contribution is -0.145. The predicted octanol–water partition coefficient (Wildman–Crippen LogP) is 3.73. The SMILES string of the molecule is C=CCNC(=O)C(=O)C(CC1CC1)NC(=O)[C@@H]1[C@@H]2[C@H](CN1C(=O)[C@@H](NC(=O)N[C@H](CN(C)S(=O)(=O)c1cccc(Cl)c1)C(C)(C)C)C(C)(C)C)C2(C)C. The fraction of sp³-hybridized carbons (Fsp3) is 0.658. The number of fused-ring (bicyclic) bond motifs is 1. The maximum atomic E-state index is 14.5. The minimum atomic E-state index is -3.94. The Kier molecular flexibility index (Phi) is 12.5. The van der Waals surface area contributed by atoms with Gasteiger partial charge >= 0.3 is 6.03 Å². The number of likely N-dealkylation sites (N-methyl/N-ethyl adjacent to an activating group) is 1. The molecule has 294 valence electrons. The standard InChI is InChI=1S/C38H57ClN6O7S/c1-11-17-40-33(48)30(46)26(18-22-15-16-22)41-32(47)29-28-25(38(28,8)9)20-45(29)34(49)31(37(5,6)7)43-35(50)42-27(36(2,3)4)21-44(10)53(51,52)24-14-12-13-23(39)19-24/h11-14,19,22,25-29,31H,1,15-18,20-21H2,2-10H3,(H,40,48)(H,41,47)(H2,42,43,50)/t25-,26?,27+,28-,29-,31+/m0/s1. The van der Waals surface area contributed by atoms with Gasteiger partial charge in [-0.1, -0.05) is 92.0 Å². The Morgan fingerprint density at radius 2 is 1.68 bits per heavy atom. The van der Waals surface area contributed by atoms with E-state index in [0.717, 1.165) is 17.1 Å². The van der Waals surface area contributed by atoms with Crippen LogP contribution < -0.4 is 21.3 Å². The molecule has 1 unspecified atom stereocenters. The summed E-state index contributed by atoms with van der Waals surface area (Å²) in [6.45, 7) is 19.0. The summed E-state index contributed by atoms with van der Waals surface area (Å²) in [5.74, 6) is -2.39. The van der Waals surface area contributed by atoms with Gasteiger partial charge in [-0.05, 0) is 58.6 Å². The zero-order chi connectivity index (χ0) is 39.8. The molecule has 4 N–H and O–H groups in total. The van der Waals surface area contributed by atoms with Crippen molar-refractivity contribution >= 4 is 51.2 Å². The highest BCUT2D eigenvalue weighted by Crippen LogP contribution is 2.65. The van der Waals surface area contributed by atoms with E-state index in [0.29, 0.717) is 13.0 Å². The number of piperidine rings is 1. The monoisotopic (exact) mass is 776 g/mol. The van der Waals surface area contributed by atoms with Gasteiger partial charge in [-0.15, -0.1) is 6.58 Å². The first kappa shape index (κ1) is 42.3. The number of Topliss-reactive ketones (excluding diaryl/α,β-unsaturated/α-hetero) is 1. The van der Waals surface area contributed by atoms with Crippen LogP contribution >= 0.6 is 11.6 Å². The molecule has 1 aliphatic heterocycles. The third-order valence-electron chi connectivity index (χ3n) is 11.0. The van der Waals surface area contributed by atoms with E-state index < -0.39 is 74.6 Å². The number of sulfonamides is 1. The molecule has 0 radical (unpaired) electrons. The van der Waals surface area contributed by atoms with Crippen molar-refractivity contribution in [3.8, 4) is 0 Å². The number of carbonyl (C=O) groups excluding carboxylic acids is 5. The highest BCUT2D eigenvalue weighted by Gasteiger charge is 2.70. The van der Waals surface area contributed by atoms with Crippen molar-refractivity contribution in [2.75, 3.05) is 26.7 Å². The maximum Gasteiger partial charge on any atom is 0.315 e. The number of hydrogen-bond donors (Lipinski definition) is 4. The van der Waals surface area contributed by atoms with Gasteiger partial charge in [0.05, 0.1) is 10.9 Å². The fourth-order valence-electron chi connectivity index (χ4n) is 7.24. The molecule has 4 rings (SSSR count). The molecule has 3 aliphatic rings. The van der Waals surface area contributed by atoms with Crippen molar-refractivity contribution in [2.24, 2.45) is 34.0 Å². The number of nitrogens with one attached hydrogen (secondary N) is 4. The van der Waals surface area contributed by atoms with E-state index >= 15 is 0 Å². The smallest absolute Gasteiger partial charge is 0.315 e. The minimum absolute atomic E-state index is 0.0209. The van der Waals surface area contributed by atoms with Gasteiger partial charge in [0.15, 0.2) is 0 Å². The van der Waals surface area contributed by atoms with E-state index in [1.54, 1.807) is 12.1 Å². The fourth-order valence-corrected chi connectivity index (χ4v) is 8.73. The quantitative estimate of drug-likeness (QED) is 0.155. The Bertz CT molecular complexity index is 1720. The van der Waals surface area contributed by atoms with Crippen LogP contribution in [0.25, 0.3) is 0 Å². The molecule has 53 heavy (non-hydrogen) atoms. The van der Waals surface area contributed by atoms with Gasteiger partial charge in [0.1, 0.15) is 12.1 Å². The van der Waals surface area contributed by atoms with Gasteiger partial charge in [-0.25, -0.2) is 13.2 Å². The lowest BCUT2D eigenvalue weighted by Gasteiger charge is -2.39. The van der Waals surface area contributed by atoms with Crippen LogP contribution in [0.4, 0.5) is 4.79 Å². The average molecular weight is 777 g/mol. The molecular formula is C38H57ClN6O7S. The molecule has 1 aromatic rings. The van der Waals surface area contributed by atoms with Crippen LogP contribution in [0, 0.1) is 34.0 Å². The molecule has 3 fully saturated rings. The molecule has 1 saturated heterocycles. The number of carbonyl (C=O) groups is 5. The van der Waals surface area contributed by atoms with Crippen LogP contribution in [0.15, 0.2) is 41.8 Å². The molecule has 1 heterocycles. The zero-order valence-corrected chi connectivity index (χ0v) is 34.0. The number of amides is 5. The Morgan fingerprint density at radius 3 is 2.23 bits per heavy atom. The molecular weight excluding hydrogens is 720 g/mol. The topological polar surface area (TPSA) is 174 Å². The van der Waals surface area contributed by atoms with Gasteiger partial charge in [0, 0.05) is 37.7 Å². The van der Waals surface area contributed by atoms with Gasteiger partial charge in [0.2, 0.25) is 27.6 Å². The molecule has 0 spiro atoms. The van der Waals surface area contributed by atoms with Crippen LogP contribution in [0.5, 0.6) is 0 Å². The maximum absolute atomic E-state index is 14.5. The molecule has 0 aromatic heterocycles. The largest absolute Gasteiger partial charge is 0.346 e. The van der Waals surface area contributed by atoms with Gasteiger partial charge < -0.3 is 26.2 Å². The van der Waals surface area contributed by atoms with Crippen molar-refractivity contribution in [2.45, 2.75) is 104 Å². The van der Waals surface area contributed by atoms with Crippen molar-refractivity contribution in [3.63, 3.8) is 0 Å². The number of benzene rings is 1. The molecule has 15 heteroatoms. The van der Waals surface area contributed by atoms with Crippen LogP contribution in [-0.2, 0) is 29.2 Å². The number of ketones is 1. The van der Waals surface area contributed by atoms with Crippen molar-refractivity contribution in [1.29, 1.82) is 0 Å². The second-order valence-corrected chi connectivity index (χ2v) is 20.1. The summed E-state index contributed by atoms with van der Waals surface area (Å²) >= 11 is 6.06.